The average Bonchev–Trinajstić information content (AvgIpc) is 2.94. The Morgan fingerprint density at radius 3 is 2.67 bits per heavy atom. The first-order valence-electron chi connectivity index (χ1n) is 6.38. The van der Waals surface area contributed by atoms with Crippen LogP contribution >= 0.6 is 0 Å². The smallest absolute Gasteiger partial charge is 0.274 e. The van der Waals surface area contributed by atoms with Crippen LogP contribution < -0.4 is 5.32 Å². The van der Waals surface area contributed by atoms with Crippen molar-refractivity contribution in [2.24, 2.45) is 11.3 Å². The molecule has 4 heteroatoms. The topological polar surface area (TPSA) is 55.2 Å². The van der Waals surface area contributed by atoms with Crippen LogP contribution in [0.2, 0.25) is 0 Å². The molecule has 2 rings (SSSR count). The maximum absolute atomic E-state index is 11.0. The van der Waals surface area contributed by atoms with E-state index in [-0.39, 0.29) is 16.7 Å². The Kier molecular flexibility index (Phi) is 3.39. The third kappa shape index (κ3) is 2.70. The molecule has 1 aromatic carbocycles. The van der Waals surface area contributed by atoms with Crippen LogP contribution in [-0.4, -0.2) is 11.5 Å². The molecular weight excluding hydrogens is 228 g/mol. The second kappa shape index (κ2) is 4.69. The molecule has 18 heavy (non-hydrogen) atoms. The van der Waals surface area contributed by atoms with Crippen LogP contribution in [0.3, 0.4) is 0 Å². The van der Waals surface area contributed by atoms with Crippen molar-refractivity contribution in [3.63, 3.8) is 0 Å². The van der Waals surface area contributed by atoms with E-state index in [1.54, 1.807) is 12.1 Å². The molecule has 1 saturated carbocycles. The highest BCUT2D eigenvalue weighted by Crippen LogP contribution is 2.51. The number of nitro benzene ring substituents is 1. The van der Waals surface area contributed by atoms with Crippen LogP contribution in [0.4, 0.5) is 5.69 Å². The number of nitrogens with zero attached hydrogens (tertiary/aromatic N) is 1. The van der Waals surface area contributed by atoms with Crippen LogP contribution in [0.15, 0.2) is 24.3 Å². The van der Waals surface area contributed by atoms with Gasteiger partial charge in [0.05, 0.1) is 4.92 Å². The van der Waals surface area contributed by atoms with Crippen LogP contribution in [0.1, 0.15) is 38.8 Å². The average molecular weight is 248 g/mol. The Hall–Kier alpha value is -1.42. The summed E-state index contributed by atoms with van der Waals surface area (Å²) in [5.41, 5.74) is 1.41. The quantitative estimate of drug-likeness (QED) is 0.642. The summed E-state index contributed by atoms with van der Waals surface area (Å²) in [6.45, 7) is 7.43. The van der Waals surface area contributed by atoms with Crippen molar-refractivity contribution in [3.05, 3.63) is 39.9 Å². The molecular formula is C14H20N2O2. The number of rotatable bonds is 5. The minimum atomic E-state index is -0.311. The lowest BCUT2D eigenvalue weighted by molar-refractivity contribution is -0.385. The highest BCUT2D eigenvalue weighted by molar-refractivity contribution is 5.41. The molecule has 0 aliphatic heterocycles. The minimum absolute atomic E-state index is 0.0167. The fourth-order valence-electron chi connectivity index (χ4n) is 2.37. The first kappa shape index (κ1) is 13.0. The van der Waals surface area contributed by atoms with Gasteiger partial charge in [0.2, 0.25) is 0 Å². The largest absolute Gasteiger partial charge is 0.310 e. The molecule has 0 spiro atoms. The van der Waals surface area contributed by atoms with E-state index < -0.39 is 0 Å². The van der Waals surface area contributed by atoms with E-state index in [9.17, 15) is 10.1 Å². The van der Waals surface area contributed by atoms with Gasteiger partial charge in [0.1, 0.15) is 0 Å². The van der Waals surface area contributed by atoms with Gasteiger partial charge in [-0.05, 0) is 31.2 Å². The van der Waals surface area contributed by atoms with Gasteiger partial charge in [-0.15, -0.1) is 0 Å². The Labute approximate surface area is 108 Å². The van der Waals surface area contributed by atoms with Crippen molar-refractivity contribution < 1.29 is 4.92 Å². The van der Waals surface area contributed by atoms with Crippen molar-refractivity contribution in [2.45, 2.75) is 33.2 Å². The zero-order chi connectivity index (χ0) is 13.3. The minimum Gasteiger partial charge on any atom is -0.310 e. The van der Waals surface area contributed by atoms with Gasteiger partial charge in [-0.3, -0.25) is 10.1 Å². The third-order valence-corrected chi connectivity index (χ3v) is 3.99. The maximum Gasteiger partial charge on any atom is 0.274 e. The first-order chi connectivity index (χ1) is 8.42. The molecule has 2 unspecified atom stereocenters. The van der Waals surface area contributed by atoms with Crippen molar-refractivity contribution >= 4 is 5.69 Å². The number of nitrogens with one attached hydrogen (secondary N) is 1. The molecule has 0 saturated heterocycles. The van der Waals surface area contributed by atoms with Crippen molar-refractivity contribution in [2.75, 3.05) is 6.54 Å². The molecule has 98 valence electrons. The monoisotopic (exact) mass is 248 g/mol. The summed E-state index contributed by atoms with van der Waals surface area (Å²) in [5.74, 6) is 0.697. The van der Waals surface area contributed by atoms with Crippen LogP contribution in [0, 0.1) is 21.4 Å². The Bertz CT molecular complexity index is 457. The molecule has 0 heterocycles. The van der Waals surface area contributed by atoms with Crippen LogP contribution in [0.25, 0.3) is 0 Å². The second-order valence-electron chi connectivity index (χ2n) is 5.84. The Morgan fingerprint density at radius 2 is 2.11 bits per heavy atom. The van der Waals surface area contributed by atoms with E-state index >= 15 is 0 Å². The maximum atomic E-state index is 11.0. The lowest BCUT2D eigenvalue weighted by Gasteiger charge is -2.15. The molecule has 1 aromatic rings. The van der Waals surface area contributed by atoms with Gasteiger partial charge >= 0.3 is 0 Å². The van der Waals surface area contributed by atoms with Gasteiger partial charge in [0.25, 0.3) is 5.69 Å². The van der Waals surface area contributed by atoms with Crippen LogP contribution in [0.5, 0.6) is 0 Å². The predicted octanol–water partition coefficient (Wildman–Crippen LogP) is 3.29. The van der Waals surface area contributed by atoms with E-state index in [1.807, 2.05) is 19.1 Å². The normalized spacial score (nSPS) is 22.5. The zero-order valence-electron chi connectivity index (χ0n) is 11.1. The standard InChI is InChI=1S/C14H20N2O2/c1-10(15-9-11-8-14(11,2)3)12-6-4-5-7-13(12)16(17)18/h4-7,10-11,15H,8-9H2,1-3H3. The predicted molar refractivity (Wildman–Crippen MR) is 71.4 cm³/mol. The second-order valence-corrected chi connectivity index (χ2v) is 5.84. The number of benzene rings is 1. The van der Waals surface area contributed by atoms with Crippen molar-refractivity contribution in [1.29, 1.82) is 0 Å². The van der Waals surface area contributed by atoms with Gasteiger partial charge in [0.15, 0.2) is 0 Å². The Balaban J connectivity index is 2.00. The van der Waals surface area contributed by atoms with E-state index in [4.69, 9.17) is 0 Å². The summed E-state index contributed by atoms with van der Waals surface area (Å²) >= 11 is 0. The SMILES string of the molecule is CC(NCC1CC1(C)C)c1ccccc1[N+](=O)[O-]. The molecule has 1 N–H and O–H groups in total. The zero-order valence-corrected chi connectivity index (χ0v) is 11.1. The molecule has 4 nitrogen and oxygen atoms in total. The number of nitro groups is 1. The molecule has 1 aliphatic carbocycles. The first-order valence-corrected chi connectivity index (χ1v) is 6.38. The number of hydrogen-bond donors (Lipinski definition) is 1. The fraction of sp³-hybridized carbons (Fsp3) is 0.571. The van der Waals surface area contributed by atoms with Gasteiger partial charge < -0.3 is 5.32 Å². The van der Waals surface area contributed by atoms with Gasteiger partial charge in [-0.2, -0.15) is 0 Å². The lowest BCUT2D eigenvalue weighted by atomic mass is 10.1. The van der Waals surface area contributed by atoms with Crippen molar-refractivity contribution in [3.8, 4) is 0 Å². The Morgan fingerprint density at radius 1 is 1.50 bits per heavy atom. The van der Waals surface area contributed by atoms with Gasteiger partial charge in [-0.25, -0.2) is 0 Å². The molecule has 0 bridgehead atoms. The van der Waals surface area contributed by atoms with Gasteiger partial charge in [0, 0.05) is 17.7 Å². The highest BCUT2D eigenvalue weighted by atomic mass is 16.6. The fourth-order valence-corrected chi connectivity index (χ4v) is 2.37. The lowest BCUT2D eigenvalue weighted by Crippen LogP contribution is -2.23. The summed E-state index contributed by atoms with van der Waals surface area (Å²) in [6.07, 6.45) is 1.24. The van der Waals surface area contributed by atoms with Gasteiger partial charge in [-0.1, -0.05) is 32.0 Å². The van der Waals surface area contributed by atoms with E-state index in [0.29, 0.717) is 11.3 Å². The molecule has 1 fully saturated rings. The summed E-state index contributed by atoms with van der Waals surface area (Å²) < 4.78 is 0. The third-order valence-electron chi connectivity index (χ3n) is 3.99. The van der Waals surface area contributed by atoms with E-state index in [1.165, 1.54) is 6.42 Å². The molecule has 0 radical (unpaired) electrons. The van der Waals surface area contributed by atoms with Crippen LogP contribution in [-0.2, 0) is 0 Å². The number of hydrogen-bond acceptors (Lipinski definition) is 3. The summed E-state index contributed by atoms with van der Waals surface area (Å²) in [7, 11) is 0. The highest BCUT2D eigenvalue weighted by Gasteiger charge is 2.45. The van der Waals surface area contributed by atoms with E-state index in [0.717, 1.165) is 12.1 Å². The van der Waals surface area contributed by atoms with E-state index in [2.05, 4.69) is 19.2 Å². The summed E-state index contributed by atoms with van der Waals surface area (Å²) in [5, 5.41) is 14.4. The number of para-hydroxylation sites is 1. The van der Waals surface area contributed by atoms with Crippen molar-refractivity contribution in [1.82, 2.24) is 5.32 Å². The molecule has 2 atom stereocenters. The molecule has 0 aromatic heterocycles. The summed E-state index contributed by atoms with van der Waals surface area (Å²) in [6, 6.07) is 6.96. The summed E-state index contributed by atoms with van der Waals surface area (Å²) in [4.78, 5) is 10.6. The molecule has 1 aliphatic rings. The molecule has 0 amide bonds.